The van der Waals surface area contributed by atoms with Crippen molar-refractivity contribution in [3.63, 3.8) is 0 Å². The van der Waals surface area contributed by atoms with Crippen LogP contribution in [0.3, 0.4) is 0 Å². The molecule has 148 valence electrons. The summed E-state index contributed by atoms with van der Waals surface area (Å²) in [4.78, 5) is 9.98. The zero-order valence-electron chi connectivity index (χ0n) is 16.1. The number of nitrogens with one attached hydrogen (secondary N) is 3. The molecule has 29 heavy (non-hydrogen) atoms. The standard InChI is InChI=1S/C22H23N5OS/c1-23-8-9-24-13-15-4-2-5-16(10-15)20-12-19-21(29-20)22(26-14-25-19)27-17-6-3-7-18(28)11-17/h2-7,10-12,14,23-24,28H,8-9,13H2,1H3,(H,25,26,27). The molecule has 0 aliphatic rings. The molecule has 2 aromatic carbocycles. The maximum absolute atomic E-state index is 9.70. The molecule has 0 spiro atoms. The lowest BCUT2D eigenvalue weighted by Crippen LogP contribution is -2.24. The minimum Gasteiger partial charge on any atom is -0.508 e. The lowest BCUT2D eigenvalue weighted by molar-refractivity contribution is 0.475. The Hall–Kier alpha value is -3.00. The predicted molar refractivity (Wildman–Crippen MR) is 120 cm³/mol. The molecular formula is C22H23N5OS. The first-order valence-corrected chi connectivity index (χ1v) is 10.3. The minimum absolute atomic E-state index is 0.215. The highest BCUT2D eigenvalue weighted by Crippen LogP contribution is 2.36. The second kappa shape index (κ2) is 9.00. The smallest absolute Gasteiger partial charge is 0.151 e. The number of benzene rings is 2. The lowest BCUT2D eigenvalue weighted by atomic mass is 10.1. The number of fused-ring (bicyclic) bond motifs is 1. The number of rotatable bonds is 8. The van der Waals surface area contributed by atoms with Gasteiger partial charge in [-0.15, -0.1) is 11.3 Å². The third kappa shape index (κ3) is 4.71. The third-order valence-electron chi connectivity index (χ3n) is 4.51. The van der Waals surface area contributed by atoms with Crippen LogP contribution < -0.4 is 16.0 Å². The van der Waals surface area contributed by atoms with Crippen molar-refractivity contribution in [2.24, 2.45) is 0 Å². The van der Waals surface area contributed by atoms with Gasteiger partial charge in [-0.05, 0) is 42.4 Å². The van der Waals surface area contributed by atoms with Gasteiger partial charge >= 0.3 is 0 Å². The van der Waals surface area contributed by atoms with E-state index in [1.165, 1.54) is 11.1 Å². The van der Waals surface area contributed by atoms with Gasteiger partial charge in [-0.25, -0.2) is 9.97 Å². The molecule has 6 nitrogen and oxygen atoms in total. The number of likely N-dealkylation sites (N-methyl/N-ethyl adjacent to an activating group) is 1. The van der Waals surface area contributed by atoms with Crippen molar-refractivity contribution in [2.75, 3.05) is 25.5 Å². The molecular weight excluding hydrogens is 382 g/mol. The number of aromatic nitrogens is 2. The van der Waals surface area contributed by atoms with Crippen LogP contribution in [0.1, 0.15) is 5.56 Å². The quantitative estimate of drug-likeness (QED) is 0.330. The summed E-state index contributed by atoms with van der Waals surface area (Å²) >= 11 is 1.66. The summed E-state index contributed by atoms with van der Waals surface area (Å²) in [5.74, 6) is 0.953. The summed E-state index contributed by atoms with van der Waals surface area (Å²) in [6.45, 7) is 2.72. The molecule has 0 bridgehead atoms. The van der Waals surface area contributed by atoms with Gasteiger partial charge in [0.25, 0.3) is 0 Å². The van der Waals surface area contributed by atoms with E-state index in [1.807, 2.05) is 13.1 Å². The van der Waals surface area contributed by atoms with E-state index in [1.54, 1.807) is 35.9 Å². The molecule has 0 atom stereocenters. The van der Waals surface area contributed by atoms with Gasteiger partial charge in [-0.3, -0.25) is 0 Å². The van der Waals surface area contributed by atoms with Crippen LogP contribution in [0.25, 0.3) is 20.7 Å². The van der Waals surface area contributed by atoms with Crippen molar-refractivity contribution < 1.29 is 5.11 Å². The molecule has 0 radical (unpaired) electrons. The zero-order valence-corrected chi connectivity index (χ0v) is 17.0. The van der Waals surface area contributed by atoms with Crippen LogP contribution in [0.4, 0.5) is 11.5 Å². The number of thiophene rings is 1. The van der Waals surface area contributed by atoms with E-state index in [9.17, 15) is 5.11 Å². The van der Waals surface area contributed by atoms with E-state index >= 15 is 0 Å². The second-order valence-corrected chi connectivity index (χ2v) is 7.76. The number of aromatic hydroxyl groups is 1. The average molecular weight is 406 g/mol. The molecule has 0 saturated heterocycles. The summed E-state index contributed by atoms with van der Waals surface area (Å²) in [7, 11) is 1.95. The van der Waals surface area contributed by atoms with Gasteiger partial charge in [0.2, 0.25) is 0 Å². The van der Waals surface area contributed by atoms with Gasteiger partial charge in [0, 0.05) is 36.3 Å². The Morgan fingerprint density at radius 1 is 1.00 bits per heavy atom. The fourth-order valence-corrected chi connectivity index (χ4v) is 4.14. The largest absolute Gasteiger partial charge is 0.508 e. The highest BCUT2D eigenvalue weighted by atomic mass is 32.1. The third-order valence-corrected chi connectivity index (χ3v) is 5.69. The first kappa shape index (κ1) is 19.3. The Morgan fingerprint density at radius 2 is 1.90 bits per heavy atom. The minimum atomic E-state index is 0.215. The number of nitrogens with zero attached hydrogens (tertiary/aromatic N) is 2. The lowest BCUT2D eigenvalue weighted by Gasteiger charge is -2.06. The highest BCUT2D eigenvalue weighted by Gasteiger charge is 2.11. The molecule has 4 rings (SSSR count). The van der Waals surface area contributed by atoms with Crippen LogP contribution >= 0.6 is 11.3 Å². The first-order valence-electron chi connectivity index (χ1n) is 9.48. The Labute approximate surface area is 173 Å². The van der Waals surface area contributed by atoms with Gasteiger partial charge in [0.05, 0.1) is 10.2 Å². The molecule has 0 aliphatic heterocycles. The Bertz CT molecular complexity index is 1110. The van der Waals surface area contributed by atoms with Crippen molar-refractivity contribution in [3.8, 4) is 16.2 Å². The number of hydrogen-bond acceptors (Lipinski definition) is 7. The van der Waals surface area contributed by atoms with Gasteiger partial charge in [0.15, 0.2) is 5.82 Å². The summed E-state index contributed by atoms with van der Waals surface area (Å²) in [6, 6.07) is 17.7. The van der Waals surface area contributed by atoms with Crippen LogP contribution in [0.5, 0.6) is 5.75 Å². The van der Waals surface area contributed by atoms with Gasteiger partial charge in [-0.1, -0.05) is 24.3 Å². The molecule has 0 aliphatic carbocycles. The molecule has 0 amide bonds. The predicted octanol–water partition coefficient (Wildman–Crippen LogP) is 4.12. The molecule has 7 heteroatoms. The second-order valence-electron chi connectivity index (χ2n) is 6.70. The Morgan fingerprint density at radius 3 is 2.76 bits per heavy atom. The summed E-state index contributed by atoms with van der Waals surface area (Å²) in [5.41, 5.74) is 4.11. The number of anilines is 2. The fourth-order valence-electron chi connectivity index (χ4n) is 3.09. The summed E-state index contributed by atoms with van der Waals surface area (Å²) < 4.78 is 0.989. The monoisotopic (exact) mass is 405 g/mol. The maximum atomic E-state index is 9.70. The summed E-state index contributed by atoms with van der Waals surface area (Å²) in [6.07, 6.45) is 1.56. The van der Waals surface area contributed by atoms with Crippen molar-refractivity contribution in [2.45, 2.75) is 6.54 Å². The van der Waals surface area contributed by atoms with Crippen LogP contribution in [-0.2, 0) is 6.54 Å². The van der Waals surface area contributed by atoms with E-state index in [-0.39, 0.29) is 5.75 Å². The van der Waals surface area contributed by atoms with E-state index in [0.717, 1.165) is 46.2 Å². The fraction of sp³-hybridized carbons (Fsp3) is 0.182. The summed E-state index contributed by atoms with van der Waals surface area (Å²) in [5, 5.41) is 19.6. The molecule has 0 unspecified atom stereocenters. The van der Waals surface area contributed by atoms with Crippen molar-refractivity contribution >= 4 is 33.1 Å². The molecule has 2 heterocycles. The Kier molecular flexibility index (Phi) is 6.00. The normalized spacial score (nSPS) is 11.1. The topological polar surface area (TPSA) is 82.1 Å². The van der Waals surface area contributed by atoms with Crippen LogP contribution in [0.2, 0.25) is 0 Å². The number of hydrogen-bond donors (Lipinski definition) is 4. The van der Waals surface area contributed by atoms with Crippen LogP contribution in [-0.4, -0.2) is 35.2 Å². The molecule has 2 aromatic heterocycles. The molecule has 0 saturated carbocycles. The average Bonchev–Trinajstić information content (AvgIpc) is 3.17. The van der Waals surface area contributed by atoms with Gasteiger partial charge in [-0.2, -0.15) is 0 Å². The maximum Gasteiger partial charge on any atom is 0.151 e. The van der Waals surface area contributed by atoms with E-state index < -0.39 is 0 Å². The van der Waals surface area contributed by atoms with Gasteiger partial charge in [0.1, 0.15) is 12.1 Å². The van der Waals surface area contributed by atoms with Crippen molar-refractivity contribution in [1.29, 1.82) is 0 Å². The first-order chi connectivity index (χ1) is 14.2. The van der Waals surface area contributed by atoms with E-state index in [2.05, 4.69) is 56.3 Å². The van der Waals surface area contributed by atoms with Gasteiger partial charge < -0.3 is 21.1 Å². The Balaban J connectivity index is 1.59. The zero-order chi connectivity index (χ0) is 20.1. The number of phenols is 1. The SMILES string of the molecule is CNCCNCc1cccc(-c2cc3ncnc(Nc4cccc(O)c4)c3s2)c1. The molecule has 4 aromatic rings. The highest BCUT2D eigenvalue weighted by molar-refractivity contribution is 7.22. The van der Waals surface area contributed by atoms with Crippen LogP contribution in [0.15, 0.2) is 60.9 Å². The molecule has 0 fully saturated rings. The van der Waals surface area contributed by atoms with Crippen LogP contribution in [0, 0.1) is 0 Å². The van der Waals surface area contributed by atoms with Crippen molar-refractivity contribution in [1.82, 2.24) is 20.6 Å². The number of phenolic OH excluding ortho intramolecular Hbond substituents is 1. The van der Waals surface area contributed by atoms with E-state index in [0.29, 0.717) is 0 Å². The van der Waals surface area contributed by atoms with E-state index in [4.69, 9.17) is 0 Å². The van der Waals surface area contributed by atoms with Crippen molar-refractivity contribution in [3.05, 3.63) is 66.5 Å². The molecule has 4 N–H and O–H groups in total.